The molecule has 3 aromatic rings. The van der Waals surface area contributed by atoms with Crippen molar-refractivity contribution in [1.82, 2.24) is 4.98 Å². The second kappa shape index (κ2) is 11.2. The Labute approximate surface area is 216 Å². The van der Waals surface area contributed by atoms with Crippen molar-refractivity contribution >= 4 is 33.8 Å². The van der Waals surface area contributed by atoms with E-state index in [2.05, 4.69) is 29.3 Å². The summed E-state index contributed by atoms with van der Waals surface area (Å²) in [7, 11) is 0. The largest absolute Gasteiger partial charge is 0.460 e. The molecule has 188 valence electrons. The lowest BCUT2D eigenvalue weighted by Gasteiger charge is -2.28. The van der Waals surface area contributed by atoms with Gasteiger partial charge in [0.05, 0.1) is 18.7 Å². The Hall–Kier alpha value is -2.25. The van der Waals surface area contributed by atoms with Gasteiger partial charge in [-0.3, -0.25) is 4.79 Å². The minimum absolute atomic E-state index is 0.175. The van der Waals surface area contributed by atoms with Crippen LogP contribution in [0.5, 0.6) is 0 Å². The van der Waals surface area contributed by atoms with Crippen LogP contribution in [0, 0.1) is 12.7 Å². The Morgan fingerprint density at radius 3 is 2.40 bits per heavy atom. The standard InChI is InChI=1S/C28H35FN2O2S2/c1-19-5-14-24(35-19)17-31(16-15-26(32)33-28(2,3)4)27-30-25(18-34-27)22-8-6-20(7-9-22)21-10-12-23(29)13-11-21/h5,10-14,18,20,22H,6-9,15-17H2,1-4H3. The van der Waals surface area contributed by atoms with E-state index in [1.807, 2.05) is 32.9 Å². The number of rotatable bonds is 8. The lowest BCUT2D eigenvalue weighted by molar-refractivity contribution is -0.154. The fraction of sp³-hybridized carbons (Fsp3) is 0.500. The van der Waals surface area contributed by atoms with E-state index in [1.54, 1.807) is 34.8 Å². The number of thiophene rings is 1. The molecule has 0 aliphatic heterocycles. The van der Waals surface area contributed by atoms with Gasteiger partial charge in [0.15, 0.2) is 5.13 Å². The van der Waals surface area contributed by atoms with Gasteiger partial charge >= 0.3 is 5.97 Å². The Morgan fingerprint density at radius 2 is 1.77 bits per heavy atom. The molecule has 0 bridgehead atoms. The Kier molecular flexibility index (Phi) is 8.27. The summed E-state index contributed by atoms with van der Waals surface area (Å²) in [6, 6.07) is 11.3. The van der Waals surface area contributed by atoms with Crippen LogP contribution in [0.25, 0.3) is 0 Å². The fourth-order valence-corrected chi connectivity index (χ4v) is 6.53. The van der Waals surface area contributed by atoms with Crippen LogP contribution in [0.3, 0.4) is 0 Å². The molecule has 0 radical (unpaired) electrons. The van der Waals surface area contributed by atoms with E-state index < -0.39 is 5.60 Å². The third-order valence-corrected chi connectivity index (χ3v) is 8.32. The molecule has 1 saturated carbocycles. The highest BCUT2D eigenvalue weighted by molar-refractivity contribution is 7.14. The van der Waals surface area contributed by atoms with Crippen molar-refractivity contribution in [3.63, 3.8) is 0 Å². The maximum atomic E-state index is 13.3. The monoisotopic (exact) mass is 514 g/mol. The number of aryl methyl sites for hydroxylation is 1. The van der Waals surface area contributed by atoms with Crippen LogP contribution in [0.1, 0.15) is 85.7 Å². The number of thiazole rings is 1. The van der Waals surface area contributed by atoms with Gasteiger partial charge in [-0.15, -0.1) is 22.7 Å². The highest BCUT2D eigenvalue weighted by atomic mass is 32.1. The van der Waals surface area contributed by atoms with Gasteiger partial charge in [0, 0.05) is 27.6 Å². The number of carbonyl (C=O) groups excluding carboxylic acids is 1. The molecule has 4 rings (SSSR count). The molecule has 35 heavy (non-hydrogen) atoms. The van der Waals surface area contributed by atoms with E-state index in [-0.39, 0.29) is 11.8 Å². The number of carbonyl (C=O) groups is 1. The molecule has 4 nitrogen and oxygen atoms in total. The minimum Gasteiger partial charge on any atom is -0.460 e. The van der Waals surface area contributed by atoms with Crippen LogP contribution in [-0.2, 0) is 16.1 Å². The average molecular weight is 515 g/mol. The van der Waals surface area contributed by atoms with Gasteiger partial charge in [0.25, 0.3) is 0 Å². The van der Waals surface area contributed by atoms with E-state index in [4.69, 9.17) is 9.72 Å². The summed E-state index contributed by atoms with van der Waals surface area (Å²) in [5, 5.41) is 3.16. The average Bonchev–Trinajstić information content (AvgIpc) is 3.45. The van der Waals surface area contributed by atoms with E-state index >= 15 is 0 Å². The van der Waals surface area contributed by atoms with Gasteiger partial charge in [-0.1, -0.05) is 12.1 Å². The number of esters is 1. The molecule has 0 amide bonds. The van der Waals surface area contributed by atoms with Gasteiger partial charge < -0.3 is 9.64 Å². The number of hydrogen-bond donors (Lipinski definition) is 0. The minimum atomic E-state index is -0.478. The third kappa shape index (κ3) is 7.37. The summed E-state index contributed by atoms with van der Waals surface area (Å²) in [5.74, 6) is 0.595. The predicted molar refractivity (Wildman–Crippen MR) is 143 cm³/mol. The smallest absolute Gasteiger partial charge is 0.308 e. The maximum absolute atomic E-state index is 13.3. The van der Waals surface area contributed by atoms with Gasteiger partial charge in [-0.2, -0.15) is 0 Å². The predicted octanol–water partition coefficient (Wildman–Crippen LogP) is 7.83. The van der Waals surface area contributed by atoms with Crippen LogP contribution < -0.4 is 4.90 Å². The first-order chi connectivity index (χ1) is 16.7. The van der Waals surface area contributed by atoms with Crippen molar-refractivity contribution in [3.8, 4) is 0 Å². The first-order valence-corrected chi connectivity index (χ1v) is 14.1. The molecular weight excluding hydrogens is 479 g/mol. The molecule has 2 heterocycles. The van der Waals surface area contributed by atoms with Gasteiger partial charge in [-0.25, -0.2) is 9.37 Å². The first kappa shape index (κ1) is 25.8. The molecule has 1 aromatic carbocycles. The Morgan fingerprint density at radius 1 is 1.09 bits per heavy atom. The molecule has 0 N–H and O–H groups in total. The highest BCUT2D eigenvalue weighted by Crippen LogP contribution is 2.41. The molecule has 2 aromatic heterocycles. The summed E-state index contributed by atoms with van der Waals surface area (Å²) < 4.78 is 18.8. The van der Waals surface area contributed by atoms with Crippen molar-refractivity contribution in [2.75, 3.05) is 11.4 Å². The third-order valence-electron chi connectivity index (χ3n) is 6.42. The van der Waals surface area contributed by atoms with Crippen molar-refractivity contribution in [2.24, 2.45) is 0 Å². The van der Waals surface area contributed by atoms with Crippen LogP contribution in [-0.4, -0.2) is 23.1 Å². The number of aromatic nitrogens is 1. The molecule has 0 saturated heterocycles. The Balaban J connectivity index is 1.41. The highest BCUT2D eigenvalue weighted by Gasteiger charge is 2.26. The lowest BCUT2D eigenvalue weighted by Crippen LogP contribution is -2.29. The molecule has 0 unspecified atom stereocenters. The summed E-state index contributed by atoms with van der Waals surface area (Å²) in [5.41, 5.74) is 1.92. The van der Waals surface area contributed by atoms with Gasteiger partial charge in [0.2, 0.25) is 0 Å². The van der Waals surface area contributed by atoms with Crippen LogP contribution in [0.15, 0.2) is 41.8 Å². The Bertz CT molecular complexity index is 1110. The van der Waals surface area contributed by atoms with Crippen molar-refractivity contribution in [1.29, 1.82) is 0 Å². The van der Waals surface area contributed by atoms with E-state index in [0.29, 0.717) is 24.8 Å². The molecule has 1 fully saturated rings. The van der Waals surface area contributed by atoms with E-state index in [9.17, 15) is 9.18 Å². The number of ether oxygens (including phenoxy) is 1. The fourth-order valence-electron chi connectivity index (χ4n) is 4.69. The molecule has 0 atom stereocenters. The summed E-state index contributed by atoms with van der Waals surface area (Å²) in [4.78, 5) is 22.2. The second-order valence-electron chi connectivity index (χ2n) is 10.4. The van der Waals surface area contributed by atoms with Crippen LogP contribution in [0.4, 0.5) is 9.52 Å². The van der Waals surface area contributed by atoms with Crippen molar-refractivity contribution in [2.45, 2.75) is 83.8 Å². The molecular formula is C28H35FN2O2S2. The molecule has 1 aliphatic rings. The van der Waals surface area contributed by atoms with Crippen LogP contribution >= 0.6 is 22.7 Å². The number of benzene rings is 1. The van der Waals surface area contributed by atoms with E-state index in [0.717, 1.165) is 43.1 Å². The normalized spacial score (nSPS) is 18.4. The summed E-state index contributed by atoms with van der Waals surface area (Å²) in [6.45, 7) is 9.13. The molecule has 0 spiro atoms. The van der Waals surface area contributed by atoms with E-state index in [1.165, 1.54) is 15.3 Å². The zero-order valence-electron chi connectivity index (χ0n) is 21.1. The quantitative estimate of drug-likeness (QED) is 0.287. The number of halogens is 1. The van der Waals surface area contributed by atoms with Crippen molar-refractivity contribution < 1.29 is 13.9 Å². The topological polar surface area (TPSA) is 42.4 Å². The first-order valence-electron chi connectivity index (χ1n) is 12.4. The van der Waals surface area contributed by atoms with Crippen LogP contribution in [0.2, 0.25) is 0 Å². The number of nitrogens with zero attached hydrogens (tertiary/aromatic N) is 2. The summed E-state index contributed by atoms with van der Waals surface area (Å²) >= 11 is 3.45. The van der Waals surface area contributed by atoms with Gasteiger partial charge in [0.1, 0.15) is 11.4 Å². The zero-order valence-corrected chi connectivity index (χ0v) is 22.7. The van der Waals surface area contributed by atoms with Crippen molar-refractivity contribution in [3.05, 3.63) is 68.6 Å². The lowest BCUT2D eigenvalue weighted by atomic mass is 9.78. The summed E-state index contributed by atoms with van der Waals surface area (Å²) in [6.07, 6.45) is 4.71. The van der Waals surface area contributed by atoms with Gasteiger partial charge in [-0.05, 0) is 89.1 Å². The maximum Gasteiger partial charge on any atom is 0.308 e. The zero-order chi connectivity index (χ0) is 25.0. The number of hydrogen-bond acceptors (Lipinski definition) is 6. The molecule has 7 heteroatoms. The number of anilines is 1. The second-order valence-corrected chi connectivity index (χ2v) is 12.6. The molecule has 1 aliphatic carbocycles. The SMILES string of the molecule is Cc1ccc(CN(CCC(=O)OC(C)(C)C)c2nc(C3CCC(c4ccc(F)cc4)CC3)cs2)s1.